The first kappa shape index (κ1) is 29.9. The minimum Gasteiger partial charge on any atom is -0.489 e. The standard InChI is InChI=1S/C30H28ClF3N2O5/c1-15-7-6-8-22(29(28(39)40)10-9-16(2)20(13-29)27(37)38)21(15)14-41-23-12-17(3)19(11-18(23)4)25-24(31)26(30(32,33)34)36(5)35-25/h6-12H,13-14H2,1-5H3,(H,37,38)(H,39,40). The maximum Gasteiger partial charge on any atom is 0.434 e. The molecule has 0 bridgehead atoms. The molecule has 0 saturated carbocycles. The van der Waals surface area contributed by atoms with Crippen molar-refractivity contribution in [2.24, 2.45) is 7.05 Å². The van der Waals surface area contributed by atoms with Crippen molar-refractivity contribution >= 4 is 23.5 Å². The number of carbonyl (C=O) groups is 2. The van der Waals surface area contributed by atoms with Crippen LogP contribution in [0.3, 0.4) is 0 Å². The van der Waals surface area contributed by atoms with E-state index in [9.17, 15) is 33.0 Å². The van der Waals surface area contributed by atoms with Crippen LogP contribution in [0.15, 0.2) is 53.6 Å². The summed E-state index contributed by atoms with van der Waals surface area (Å²) in [4.78, 5) is 24.6. The van der Waals surface area contributed by atoms with Crippen molar-refractivity contribution in [3.8, 4) is 17.0 Å². The van der Waals surface area contributed by atoms with Crippen LogP contribution in [0.1, 0.15) is 46.9 Å². The van der Waals surface area contributed by atoms with E-state index in [1.165, 1.54) is 19.2 Å². The van der Waals surface area contributed by atoms with E-state index >= 15 is 0 Å². The number of rotatable bonds is 7. The van der Waals surface area contributed by atoms with Crippen LogP contribution in [0, 0.1) is 20.8 Å². The van der Waals surface area contributed by atoms with E-state index < -0.39 is 34.2 Å². The molecule has 0 radical (unpaired) electrons. The van der Waals surface area contributed by atoms with E-state index in [1.54, 1.807) is 45.0 Å². The summed E-state index contributed by atoms with van der Waals surface area (Å²) in [6, 6.07) is 8.50. The van der Waals surface area contributed by atoms with Crippen LogP contribution in [0.4, 0.5) is 13.2 Å². The van der Waals surface area contributed by atoms with Crippen molar-refractivity contribution in [2.45, 2.75) is 52.3 Å². The molecular formula is C30H28ClF3N2O5. The van der Waals surface area contributed by atoms with Gasteiger partial charge in [-0.2, -0.15) is 18.3 Å². The predicted molar refractivity (Wildman–Crippen MR) is 147 cm³/mol. The third kappa shape index (κ3) is 5.36. The number of carboxylic acid groups (broad SMARTS) is 2. The molecule has 0 saturated heterocycles. The molecule has 1 aliphatic carbocycles. The summed E-state index contributed by atoms with van der Waals surface area (Å²) in [5.74, 6) is -1.92. The Bertz CT molecular complexity index is 1640. The lowest BCUT2D eigenvalue weighted by Crippen LogP contribution is -2.38. The highest BCUT2D eigenvalue weighted by Gasteiger charge is 2.44. The fourth-order valence-corrected chi connectivity index (χ4v) is 5.55. The second kappa shape index (κ2) is 10.7. The average Bonchev–Trinajstić information content (AvgIpc) is 3.18. The molecule has 0 spiro atoms. The SMILES string of the molecule is CC1=C(C(=O)O)CC(C(=O)O)(c2cccc(C)c2COc2cc(C)c(-c3nn(C)c(C(F)(F)F)c3Cl)cc2C)C=C1. The Balaban J connectivity index is 1.71. The molecule has 0 aliphatic heterocycles. The first-order valence-corrected chi connectivity index (χ1v) is 12.9. The van der Waals surface area contributed by atoms with Crippen LogP contribution in [0.5, 0.6) is 5.75 Å². The summed E-state index contributed by atoms with van der Waals surface area (Å²) >= 11 is 6.11. The van der Waals surface area contributed by atoms with Gasteiger partial charge in [0, 0.05) is 24.6 Å². The molecular weight excluding hydrogens is 561 g/mol. The van der Waals surface area contributed by atoms with Crippen molar-refractivity contribution < 1.29 is 37.7 Å². The van der Waals surface area contributed by atoms with Crippen LogP contribution >= 0.6 is 11.6 Å². The summed E-state index contributed by atoms with van der Waals surface area (Å²) in [5, 5.41) is 23.6. The number of allylic oxidation sites excluding steroid dienone is 2. The third-order valence-electron chi connectivity index (χ3n) is 7.49. The lowest BCUT2D eigenvalue weighted by atomic mass is 9.69. The Morgan fingerprint density at radius 1 is 1.10 bits per heavy atom. The van der Waals surface area contributed by atoms with Gasteiger partial charge in [0.1, 0.15) is 23.5 Å². The molecule has 1 heterocycles. The molecule has 0 fully saturated rings. The maximum absolute atomic E-state index is 13.5. The number of aliphatic carboxylic acids is 2. The zero-order valence-electron chi connectivity index (χ0n) is 23.0. The first-order chi connectivity index (χ1) is 19.1. The van der Waals surface area contributed by atoms with E-state index in [0.29, 0.717) is 43.8 Å². The van der Waals surface area contributed by atoms with Gasteiger partial charge < -0.3 is 14.9 Å². The molecule has 7 nitrogen and oxygen atoms in total. The lowest BCUT2D eigenvalue weighted by Gasteiger charge is -2.32. The van der Waals surface area contributed by atoms with Gasteiger partial charge in [-0.1, -0.05) is 42.0 Å². The molecule has 2 aromatic carbocycles. The van der Waals surface area contributed by atoms with Crippen molar-refractivity contribution in [2.75, 3.05) is 0 Å². The molecule has 0 amide bonds. The number of carboxylic acids is 2. The van der Waals surface area contributed by atoms with Crippen LogP contribution in [0.2, 0.25) is 5.02 Å². The molecule has 4 rings (SSSR count). The van der Waals surface area contributed by atoms with E-state index in [4.69, 9.17) is 16.3 Å². The minimum absolute atomic E-state index is 0.0000923. The smallest absolute Gasteiger partial charge is 0.434 e. The highest BCUT2D eigenvalue weighted by atomic mass is 35.5. The zero-order chi connectivity index (χ0) is 30.4. The monoisotopic (exact) mass is 588 g/mol. The van der Waals surface area contributed by atoms with Gasteiger partial charge in [0.15, 0.2) is 5.69 Å². The number of ether oxygens (including phenoxy) is 1. The predicted octanol–water partition coefficient (Wildman–Crippen LogP) is 6.95. The largest absolute Gasteiger partial charge is 0.489 e. The zero-order valence-corrected chi connectivity index (χ0v) is 23.7. The molecule has 3 aromatic rings. The van der Waals surface area contributed by atoms with E-state index in [1.807, 2.05) is 13.0 Å². The third-order valence-corrected chi connectivity index (χ3v) is 7.85. The van der Waals surface area contributed by atoms with Crippen molar-refractivity contribution in [1.82, 2.24) is 9.78 Å². The first-order valence-electron chi connectivity index (χ1n) is 12.6. The Hall–Kier alpha value is -4.05. The minimum atomic E-state index is -4.67. The van der Waals surface area contributed by atoms with Crippen LogP contribution in [0.25, 0.3) is 11.3 Å². The molecule has 41 heavy (non-hydrogen) atoms. The van der Waals surface area contributed by atoms with Gasteiger partial charge in [-0.3, -0.25) is 9.48 Å². The summed E-state index contributed by atoms with van der Waals surface area (Å²) in [6.45, 7) is 6.84. The topological polar surface area (TPSA) is 102 Å². The van der Waals surface area contributed by atoms with Gasteiger partial charge in [-0.25, -0.2) is 4.79 Å². The summed E-state index contributed by atoms with van der Waals surface area (Å²) in [5.41, 5.74) is 1.21. The van der Waals surface area contributed by atoms with E-state index in [-0.39, 0.29) is 24.3 Å². The fourth-order valence-electron chi connectivity index (χ4n) is 5.18. The van der Waals surface area contributed by atoms with Gasteiger partial charge in [0.2, 0.25) is 0 Å². The summed E-state index contributed by atoms with van der Waals surface area (Å²) in [6.07, 6.45) is -1.86. The summed E-state index contributed by atoms with van der Waals surface area (Å²) < 4.78 is 47.3. The molecule has 1 atom stereocenters. The highest BCUT2D eigenvalue weighted by molar-refractivity contribution is 6.33. The lowest BCUT2D eigenvalue weighted by molar-refractivity contribution is -0.144. The van der Waals surface area contributed by atoms with Gasteiger partial charge >= 0.3 is 18.1 Å². The molecule has 11 heteroatoms. The van der Waals surface area contributed by atoms with Crippen LogP contribution in [-0.4, -0.2) is 31.9 Å². The number of alkyl halides is 3. The average molecular weight is 589 g/mol. The Labute approximate surface area is 239 Å². The summed E-state index contributed by atoms with van der Waals surface area (Å²) in [7, 11) is 1.18. The van der Waals surface area contributed by atoms with Gasteiger partial charge in [-0.15, -0.1) is 0 Å². The number of benzene rings is 2. The van der Waals surface area contributed by atoms with E-state index in [2.05, 4.69) is 5.10 Å². The van der Waals surface area contributed by atoms with Crippen molar-refractivity contribution in [3.63, 3.8) is 0 Å². The molecule has 1 aliphatic rings. The number of halogens is 4. The quantitative estimate of drug-likeness (QED) is 0.310. The van der Waals surface area contributed by atoms with Gasteiger partial charge in [0.05, 0.1) is 5.02 Å². The van der Waals surface area contributed by atoms with Gasteiger partial charge in [0.25, 0.3) is 0 Å². The number of hydrogen-bond donors (Lipinski definition) is 2. The Kier molecular flexibility index (Phi) is 7.84. The second-order valence-electron chi connectivity index (χ2n) is 10.2. The normalized spacial score (nSPS) is 17.2. The van der Waals surface area contributed by atoms with Crippen LogP contribution in [-0.2, 0) is 34.8 Å². The van der Waals surface area contributed by atoms with Crippen molar-refractivity contribution in [1.29, 1.82) is 0 Å². The number of hydrogen-bond acceptors (Lipinski definition) is 4. The van der Waals surface area contributed by atoms with Gasteiger partial charge in [-0.05, 0) is 73.2 Å². The highest BCUT2D eigenvalue weighted by Crippen LogP contribution is 2.43. The Morgan fingerprint density at radius 3 is 2.37 bits per heavy atom. The number of aromatic nitrogens is 2. The van der Waals surface area contributed by atoms with E-state index in [0.717, 1.165) is 5.56 Å². The molecule has 1 unspecified atom stereocenters. The number of nitrogens with zero attached hydrogens (tertiary/aromatic N) is 2. The van der Waals surface area contributed by atoms with Crippen LogP contribution < -0.4 is 4.74 Å². The number of aryl methyl sites for hydroxylation is 4. The fraction of sp³-hybridized carbons (Fsp3) is 0.300. The molecule has 1 aromatic heterocycles. The van der Waals surface area contributed by atoms with Crippen molar-refractivity contribution in [3.05, 3.63) is 92.2 Å². The molecule has 216 valence electrons. The second-order valence-corrected chi connectivity index (χ2v) is 10.6. The molecule has 2 N–H and O–H groups in total. The maximum atomic E-state index is 13.5. The Morgan fingerprint density at radius 2 is 1.78 bits per heavy atom.